The van der Waals surface area contributed by atoms with Crippen molar-refractivity contribution in [3.63, 3.8) is 0 Å². The van der Waals surface area contributed by atoms with Crippen LogP contribution < -0.4 is 0 Å². The maximum atomic E-state index is 2.91. The van der Waals surface area contributed by atoms with Crippen molar-refractivity contribution in [3.05, 3.63) is 108 Å². The highest BCUT2D eigenvalue weighted by atomic mass is 15.5. The van der Waals surface area contributed by atoms with Crippen molar-refractivity contribution in [2.45, 2.75) is 83.0 Å². The molecule has 2 atom stereocenters. The topological polar surface area (TPSA) is 9.72 Å². The lowest BCUT2D eigenvalue weighted by Gasteiger charge is -2.56. The van der Waals surface area contributed by atoms with E-state index in [0.29, 0.717) is 12.3 Å². The molecule has 3 aromatic carbocycles. The van der Waals surface area contributed by atoms with Crippen LogP contribution in [0.5, 0.6) is 0 Å². The van der Waals surface area contributed by atoms with Crippen LogP contribution in [-0.4, -0.2) is 59.8 Å². The average molecular weight is 524 g/mol. The zero-order chi connectivity index (χ0) is 26.5. The number of hydrogen-bond acceptors (Lipinski definition) is 3. The van der Waals surface area contributed by atoms with Gasteiger partial charge in [0.25, 0.3) is 0 Å². The van der Waals surface area contributed by atoms with Gasteiger partial charge in [0.15, 0.2) is 0 Å². The molecule has 0 aliphatic carbocycles. The highest BCUT2D eigenvalue weighted by molar-refractivity contribution is 5.16. The summed E-state index contributed by atoms with van der Waals surface area (Å²) in [5.74, 6) is 0. The number of hydrogen-bond donors (Lipinski definition) is 0. The van der Waals surface area contributed by atoms with Crippen molar-refractivity contribution in [1.29, 1.82) is 0 Å². The molecular weight excluding hydrogens is 474 g/mol. The van der Waals surface area contributed by atoms with Crippen LogP contribution in [0.3, 0.4) is 0 Å². The third-order valence-electron chi connectivity index (χ3n) is 8.94. The molecule has 2 aliphatic heterocycles. The van der Waals surface area contributed by atoms with Gasteiger partial charge in [-0.25, -0.2) is 0 Å². The van der Waals surface area contributed by atoms with Crippen LogP contribution in [-0.2, 0) is 19.3 Å². The lowest BCUT2D eigenvalue weighted by atomic mass is 10.00. The normalized spacial score (nSPS) is 20.3. The van der Waals surface area contributed by atoms with E-state index in [4.69, 9.17) is 0 Å². The van der Waals surface area contributed by atoms with Crippen LogP contribution in [0.4, 0.5) is 0 Å². The first-order valence-corrected chi connectivity index (χ1v) is 15.7. The Kier molecular flexibility index (Phi) is 11.1. The number of nitrogens with zero attached hydrogens (tertiary/aromatic N) is 3. The van der Waals surface area contributed by atoms with E-state index in [0.717, 1.165) is 0 Å². The van der Waals surface area contributed by atoms with Crippen LogP contribution >= 0.6 is 0 Å². The fraction of sp³-hybridized carbons (Fsp3) is 0.500. The zero-order valence-corrected chi connectivity index (χ0v) is 24.0. The number of benzene rings is 3. The number of rotatable bonds is 15. The second-order valence-electron chi connectivity index (χ2n) is 11.7. The Balaban J connectivity index is 1.12. The van der Waals surface area contributed by atoms with Gasteiger partial charge in [-0.2, -0.15) is 0 Å². The van der Waals surface area contributed by atoms with Crippen molar-refractivity contribution >= 4 is 0 Å². The van der Waals surface area contributed by atoms with E-state index in [1.165, 1.54) is 120 Å². The van der Waals surface area contributed by atoms with E-state index in [1.54, 1.807) is 0 Å². The highest BCUT2D eigenvalue weighted by Crippen LogP contribution is 2.31. The molecule has 3 nitrogen and oxygen atoms in total. The minimum absolute atomic E-state index is 0.637. The molecule has 0 N–H and O–H groups in total. The molecule has 2 fully saturated rings. The second-order valence-corrected chi connectivity index (χ2v) is 11.7. The van der Waals surface area contributed by atoms with Crippen molar-refractivity contribution in [2.24, 2.45) is 0 Å². The van der Waals surface area contributed by atoms with Gasteiger partial charge >= 0.3 is 0 Å². The summed E-state index contributed by atoms with van der Waals surface area (Å²) in [7, 11) is 0. The molecule has 2 saturated heterocycles. The fourth-order valence-electron chi connectivity index (χ4n) is 6.84. The predicted octanol–water partition coefficient (Wildman–Crippen LogP) is 7.42. The van der Waals surface area contributed by atoms with Crippen LogP contribution in [0.2, 0.25) is 0 Å². The molecule has 0 aromatic heterocycles. The number of aryl methyl sites for hydroxylation is 3. The Morgan fingerprint density at radius 2 is 0.795 bits per heavy atom. The molecule has 0 spiro atoms. The Morgan fingerprint density at radius 1 is 0.436 bits per heavy atom. The standard InChI is InChI=1S/C36H49N3/c1-4-16-32(17-5-1)22-10-13-27-37-30-25-36-38(28-14-11-23-33-18-6-2-7-19-33)31-26-35(37)39(36)29-15-12-24-34-20-8-3-9-21-34/h1-9,16-21,35-36H,10-15,22-31H2. The monoisotopic (exact) mass is 523 g/mol. The lowest BCUT2D eigenvalue weighted by molar-refractivity contribution is -0.131. The number of unbranched alkanes of at least 4 members (excludes halogenated alkanes) is 3. The van der Waals surface area contributed by atoms with E-state index in [9.17, 15) is 0 Å². The molecular formula is C36H49N3. The molecule has 2 aliphatic rings. The Hall–Kier alpha value is -2.46. The second kappa shape index (κ2) is 15.4. The van der Waals surface area contributed by atoms with Crippen LogP contribution in [0.25, 0.3) is 0 Å². The maximum Gasteiger partial charge on any atom is 0.0648 e. The Morgan fingerprint density at radius 3 is 1.18 bits per heavy atom. The summed E-state index contributed by atoms with van der Waals surface area (Å²) in [4.78, 5) is 8.59. The molecule has 2 heterocycles. The van der Waals surface area contributed by atoms with Gasteiger partial charge < -0.3 is 0 Å². The molecule has 39 heavy (non-hydrogen) atoms. The summed E-state index contributed by atoms with van der Waals surface area (Å²) >= 11 is 0. The Bertz CT molecular complexity index is 991. The molecule has 3 aromatic rings. The fourth-order valence-corrected chi connectivity index (χ4v) is 6.84. The quantitative estimate of drug-likeness (QED) is 0.192. The summed E-state index contributed by atoms with van der Waals surface area (Å²) in [6, 6.07) is 33.1. The van der Waals surface area contributed by atoms with Gasteiger partial charge in [0, 0.05) is 19.6 Å². The van der Waals surface area contributed by atoms with E-state index >= 15 is 0 Å². The third-order valence-corrected chi connectivity index (χ3v) is 8.94. The largest absolute Gasteiger partial charge is 0.288 e. The Labute approximate surface area is 237 Å². The maximum absolute atomic E-state index is 2.91. The molecule has 2 unspecified atom stereocenters. The summed E-state index contributed by atoms with van der Waals surface area (Å²) in [6.45, 7) is 6.27. The van der Waals surface area contributed by atoms with Gasteiger partial charge in [-0.05, 0) is 100 Å². The first-order valence-electron chi connectivity index (χ1n) is 15.7. The summed E-state index contributed by atoms with van der Waals surface area (Å²) in [5.41, 5.74) is 4.45. The number of fused-ring (bicyclic) bond motifs is 2. The van der Waals surface area contributed by atoms with Gasteiger partial charge in [0.1, 0.15) is 0 Å². The minimum Gasteiger partial charge on any atom is -0.288 e. The summed E-state index contributed by atoms with van der Waals surface area (Å²) in [5, 5.41) is 0. The van der Waals surface area contributed by atoms with Crippen molar-refractivity contribution in [1.82, 2.24) is 14.7 Å². The van der Waals surface area contributed by atoms with Crippen molar-refractivity contribution in [2.75, 3.05) is 32.7 Å². The summed E-state index contributed by atoms with van der Waals surface area (Å²) < 4.78 is 0. The first kappa shape index (κ1) is 28.1. The summed E-state index contributed by atoms with van der Waals surface area (Å²) in [6.07, 6.45) is 15.3. The first-order chi connectivity index (χ1) is 19.4. The lowest BCUT2D eigenvalue weighted by Crippen LogP contribution is -2.67. The van der Waals surface area contributed by atoms with Gasteiger partial charge in [-0.15, -0.1) is 0 Å². The van der Waals surface area contributed by atoms with Crippen molar-refractivity contribution in [3.8, 4) is 0 Å². The molecule has 3 heteroatoms. The van der Waals surface area contributed by atoms with E-state index in [-0.39, 0.29) is 0 Å². The average Bonchev–Trinajstić information content (AvgIpc) is 2.99. The molecule has 208 valence electrons. The minimum atomic E-state index is 0.637. The van der Waals surface area contributed by atoms with Gasteiger partial charge in [0.2, 0.25) is 0 Å². The van der Waals surface area contributed by atoms with E-state index < -0.39 is 0 Å². The van der Waals surface area contributed by atoms with Crippen LogP contribution in [0.15, 0.2) is 91.0 Å². The van der Waals surface area contributed by atoms with Crippen LogP contribution in [0.1, 0.15) is 68.1 Å². The molecule has 5 rings (SSSR count). The SMILES string of the molecule is c1ccc(CCCCN2CCC3N(CCCCc4ccccc4)CCC2N3CCCCc2ccccc2)cc1. The van der Waals surface area contributed by atoms with Gasteiger partial charge in [-0.3, -0.25) is 14.7 Å². The highest BCUT2D eigenvalue weighted by Gasteiger charge is 2.41. The molecule has 0 amide bonds. The van der Waals surface area contributed by atoms with Gasteiger partial charge in [-0.1, -0.05) is 91.0 Å². The van der Waals surface area contributed by atoms with E-state index in [1.807, 2.05) is 0 Å². The molecule has 2 bridgehead atoms. The van der Waals surface area contributed by atoms with Gasteiger partial charge in [0.05, 0.1) is 12.3 Å². The molecule has 0 radical (unpaired) electrons. The third kappa shape index (κ3) is 8.51. The van der Waals surface area contributed by atoms with Crippen LogP contribution in [0, 0.1) is 0 Å². The predicted molar refractivity (Wildman–Crippen MR) is 165 cm³/mol. The van der Waals surface area contributed by atoms with E-state index in [2.05, 4.69) is 106 Å². The zero-order valence-electron chi connectivity index (χ0n) is 24.0. The molecule has 0 saturated carbocycles. The van der Waals surface area contributed by atoms with Crippen molar-refractivity contribution < 1.29 is 0 Å². The smallest absolute Gasteiger partial charge is 0.0648 e.